The largest absolute Gasteiger partial charge is 0.404 e. The van der Waals surface area contributed by atoms with Gasteiger partial charge in [-0.2, -0.15) is 0 Å². The molecule has 2 aromatic carbocycles. The minimum Gasteiger partial charge on any atom is -0.404 e. The molecule has 3 aromatic rings. The van der Waals surface area contributed by atoms with Crippen molar-refractivity contribution in [3.05, 3.63) is 167 Å². The SMILES string of the molecule is C=Cc1cccc(NCc2cn(CCCN=CC(C#C/C(C)=C(C)/C(C(=C)c3ccccc3)=C(\C)N(C)C(=C)CC)=CN)cn2)c1CN(C)C(CCC(=C)C)C(=C)C. The third-order valence-corrected chi connectivity index (χ3v) is 10.5. The fraction of sp³-hybridized carbons (Fsp3) is 0.333. The van der Waals surface area contributed by atoms with Crippen molar-refractivity contribution < 1.29 is 0 Å². The van der Waals surface area contributed by atoms with Crippen molar-refractivity contribution in [1.82, 2.24) is 19.4 Å². The van der Waals surface area contributed by atoms with Gasteiger partial charge in [-0.05, 0) is 101 Å². The number of benzene rings is 2. The van der Waals surface area contributed by atoms with Crippen molar-refractivity contribution in [2.24, 2.45) is 10.7 Å². The van der Waals surface area contributed by atoms with Crippen LogP contribution in [0.15, 0.2) is 150 Å². The summed E-state index contributed by atoms with van der Waals surface area (Å²) < 4.78 is 2.11. The van der Waals surface area contributed by atoms with E-state index in [2.05, 4.69) is 160 Å². The number of nitrogens with zero attached hydrogens (tertiary/aromatic N) is 5. The highest BCUT2D eigenvalue weighted by Crippen LogP contribution is 2.33. The highest BCUT2D eigenvalue weighted by Gasteiger charge is 2.19. The van der Waals surface area contributed by atoms with Crippen LogP contribution in [0.2, 0.25) is 0 Å². The molecular weight excluding hydrogens is 711 g/mol. The molecule has 7 nitrogen and oxygen atoms in total. The fourth-order valence-corrected chi connectivity index (χ4v) is 6.74. The second-order valence-electron chi connectivity index (χ2n) is 15.1. The molecule has 1 atom stereocenters. The smallest absolute Gasteiger partial charge is 0.0950 e. The summed E-state index contributed by atoms with van der Waals surface area (Å²) in [6.45, 7) is 36.6. The van der Waals surface area contributed by atoms with Gasteiger partial charge in [-0.25, -0.2) is 4.98 Å². The molecule has 306 valence electrons. The molecule has 58 heavy (non-hydrogen) atoms. The number of hydrogen-bond acceptors (Lipinski definition) is 6. The summed E-state index contributed by atoms with van der Waals surface area (Å²) in [7, 11) is 4.22. The first-order valence-electron chi connectivity index (χ1n) is 20.2. The van der Waals surface area contributed by atoms with Crippen LogP contribution in [0.1, 0.15) is 89.6 Å². The van der Waals surface area contributed by atoms with Crippen LogP contribution in [0.25, 0.3) is 11.6 Å². The van der Waals surface area contributed by atoms with Gasteiger partial charge in [0.1, 0.15) is 0 Å². The lowest BCUT2D eigenvalue weighted by Gasteiger charge is -2.30. The third kappa shape index (κ3) is 13.7. The molecule has 1 aromatic heterocycles. The lowest BCUT2D eigenvalue weighted by atomic mass is 9.90. The number of likely N-dealkylation sites (N-methyl/N-ethyl adjacent to an activating group) is 1. The quantitative estimate of drug-likeness (QED) is 0.0349. The van der Waals surface area contributed by atoms with Gasteiger partial charge in [0, 0.05) is 79.6 Å². The molecule has 7 heteroatoms. The summed E-state index contributed by atoms with van der Waals surface area (Å²) in [6.07, 6.45) is 12.9. The summed E-state index contributed by atoms with van der Waals surface area (Å²) in [5.74, 6) is 6.55. The van der Waals surface area contributed by atoms with E-state index in [4.69, 9.17) is 5.73 Å². The first kappa shape index (κ1) is 46.5. The first-order chi connectivity index (χ1) is 27.7. The van der Waals surface area contributed by atoms with Gasteiger partial charge in [-0.3, -0.25) is 9.89 Å². The lowest BCUT2D eigenvalue weighted by molar-refractivity contribution is 0.252. The molecular formula is C51H67N7. The number of anilines is 1. The summed E-state index contributed by atoms with van der Waals surface area (Å²) in [4.78, 5) is 13.8. The molecule has 3 rings (SSSR count). The van der Waals surface area contributed by atoms with E-state index < -0.39 is 0 Å². The number of hydrogen-bond donors (Lipinski definition) is 2. The fourth-order valence-electron chi connectivity index (χ4n) is 6.74. The maximum absolute atomic E-state index is 5.99. The molecule has 0 saturated heterocycles. The van der Waals surface area contributed by atoms with Crippen molar-refractivity contribution in [2.45, 2.75) is 92.9 Å². The molecule has 1 heterocycles. The van der Waals surface area contributed by atoms with Crippen molar-refractivity contribution in [3.8, 4) is 11.8 Å². The van der Waals surface area contributed by atoms with Gasteiger partial charge >= 0.3 is 0 Å². The summed E-state index contributed by atoms with van der Waals surface area (Å²) in [5.41, 5.74) is 20.5. The van der Waals surface area contributed by atoms with E-state index in [1.807, 2.05) is 37.5 Å². The van der Waals surface area contributed by atoms with Crippen LogP contribution < -0.4 is 11.1 Å². The van der Waals surface area contributed by atoms with E-state index in [1.165, 1.54) is 17.3 Å². The molecule has 0 aliphatic rings. The topological polar surface area (TPSA) is 74.7 Å². The Hall–Kier alpha value is -5.84. The number of nitrogens with one attached hydrogen (secondary N) is 1. The van der Waals surface area contributed by atoms with Gasteiger partial charge in [0.15, 0.2) is 0 Å². The van der Waals surface area contributed by atoms with Gasteiger partial charge in [0.05, 0.1) is 24.1 Å². The van der Waals surface area contributed by atoms with E-state index in [0.29, 0.717) is 18.7 Å². The van der Waals surface area contributed by atoms with Crippen molar-refractivity contribution in [3.63, 3.8) is 0 Å². The van der Waals surface area contributed by atoms with E-state index in [-0.39, 0.29) is 6.04 Å². The van der Waals surface area contributed by atoms with Crippen LogP contribution in [0.4, 0.5) is 5.69 Å². The van der Waals surface area contributed by atoms with Crippen LogP contribution in [0, 0.1) is 11.8 Å². The Bertz CT molecular complexity index is 2110. The third-order valence-electron chi connectivity index (χ3n) is 10.5. The van der Waals surface area contributed by atoms with Gasteiger partial charge in [0.2, 0.25) is 0 Å². The van der Waals surface area contributed by atoms with Crippen LogP contribution in [-0.4, -0.2) is 52.2 Å². The Balaban J connectivity index is 1.64. The zero-order valence-corrected chi connectivity index (χ0v) is 36.6. The highest BCUT2D eigenvalue weighted by atomic mass is 15.1. The number of allylic oxidation sites excluding steroid dienone is 8. The molecule has 1 unspecified atom stereocenters. The van der Waals surface area contributed by atoms with Crippen molar-refractivity contribution in [1.29, 1.82) is 0 Å². The summed E-state index contributed by atoms with van der Waals surface area (Å²) >= 11 is 0. The van der Waals surface area contributed by atoms with Crippen LogP contribution >= 0.6 is 0 Å². The second-order valence-corrected chi connectivity index (χ2v) is 15.1. The van der Waals surface area contributed by atoms with E-state index >= 15 is 0 Å². The van der Waals surface area contributed by atoms with Gasteiger partial charge in [0.25, 0.3) is 0 Å². The van der Waals surface area contributed by atoms with Crippen LogP contribution in [-0.2, 0) is 19.6 Å². The number of aromatic nitrogens is 2. The Morgan fingerprint density at radius 3 is 2.36 bits per heavy atom. The number of aryl methyl sites for hydroxylation is 1. The number of nitrogens with two attached hydrogens (primary N) is 1. The van der Waals surface area contributed by atoms with Crippen molar-refractivity contribution in [2.75, 3.05) is 26.0 Å². The minimum atomic E-state index is 0.264. The Kier molecular flexibility index (Phi) is 18.8. The highest BCUT2D eigenvalue weighted by molar-refractivity contribution is 5.86. The average Bonchev–Trinajstić information content (AvgIpc) is 3.68. The number of aliphatic imine (C=N–C) groups is 1. The standard InChI is InChI=1S/C51H67N7/c1-14-40(8)57(13)43(11)51(42(10)46-21-17-16-18-22-46)41(9)39(7)26-27-44(31-52)32-53-29-20-30-58-34-47(55-36-58)33-54-49-24-19-23-45(15-2)48(49)35-56(12)50(38(5)6)28-25-37(3)4/h15-19,21-24,31-32,34,36,50,54H,2-3,5,8,10,14,20,25,28-30,33,35,52H2,1,4,6-7,9,11-13H3/b41-39+,44-31?,51-43-,53-32?. The zero-order valence-electron chi connectivity index (χ0n) is 36.6. The Labute approximate surface area is 350 Å². The monoisotopic (exact) mass is 778 g/mol. The zero-order chi connectivity index (χ0) is 42.8. The van der Waals surface area contributed by atoms with Crippen LogP contribution in [0.5, 0.6) is 0 Å². The Morgan fingerprint density at radius 2 is 1.72 bits per heavy atom. The van der Waals surface area contributed by atoms with Gasteiger partial charge in [-0.15, -0.1) is 6.58 Å². The normalized spacial score (nSPS) is 12.9. The van der Waals surface area contributed by atoms with E-state index in [1.54, 1.807) is 6.21 Å². The number of imidazole rings is 1. The second kappa shape index (κ2) is 23.4. The first-order valence-corrected chi connectivity index (χ1v) is 20.2. The summed E-state index contributed by atoms with van der Waals surface area (Å²) in [6, 6.07) is 16.8. The maximum atomic E-state index is 5.99. The molecule has 0 aliphatic heterocycles. The average molecular weight is 778 g/mol. The molecule has 0 fully saturated rings. The summed E-state index contributed by atoms with van der Waals surface area (Å²) in [5, 5.41) is 3.64. The molecule has 3 N–H and O–H groups in total. The molecule has 0 saturated carbocycles. The van der Waals surface area contributed by atoms with Gasteiger partial charge in [-0.1, -0.05) is 105 Å². The van der Waals surface area contributed by atoms with Crippen molar-refractivity contribution >= 4 is 23.6 Å². The Morgan fingerprint density at radius 1 is 1.00 bits per heavy atom. The maximum Gasteiger partial charge on any atom is 0.0950 e. The molecule has 0 spiro atoms. The predicted molar refractivity (Wildman–Crippen MR) is 252 cm³/mol. The van der Waals surface area contributed by atoms with E-state index in [0.717, 1.165) is 101 Å². The number of rotatable bonds is 22. The predicted octanol–water partition coefficient (Wildman–Crippen LogP) is 11.4. The molecule has 0 aliphatic carbocycles. The lowest BCUT2D eigenvalue weighted by Crippen LogP contribution is -2.32. The van der Waals surface area contributed by atoms with Crippen LogP contribution in [0.3, 0.4) is 0 Å². The van der Waals surface area contributed by atoms with E-state index in [9.17, 15) is 0 Å². The molecule has 0 amide bonds. The van der Waals surface area contributed by atoms with Gasteiger partial charge < -0.3 is 20.5 Å². The molecule has 0 bridgehead atoms. The minimum absolute atomic E-state index is 0.264. The molecule has 0 radical (unpaired) electrons.